The van der Waals surface area contributed by atoms with Gasteiger partial charge < -0.3 is 10.6 Å². The topological polar surface area (TPSA) is 82.0 Å². The van der Waals surface area contributed by atoms with Gasteiger partial charge in [0.05, 0.1) is 33.9 Å². The Hall–Kier alpha value is -3.51. The lowest BCUT2D eigenvalue weighted by molar-refractivity contribution is -0.138. The summed E-state index contributed by atoms with van der Waals surface area (Å²) >= 11 is 1.04. The van der Waals surface area contributed by atoms with Crippen molar-refractivity contribution in [3.05, 3.63) is 87.1 Å². The quantitative estimate of drug-likeness (QED) is 0.545. The molecule has 0 fully saturated rings. The summed E-state index contributed by atoms with van der Waals surface area (Å²) in [6, 6.07) is 14.3. The fourth-order valence-electron chi connectivity index (χ4n) is 4.41. The molecule has 0 saturated carbocycles. The first kappa shape index (κ1) is 24.6. The Morgan fingerprint density at radius 1 is 1.20 bits per heavy atom. The number of benzene rings is 2. The highest BCUT2D eigenvalue weighted by atomic mass is 32.2. The molecule has 0 bridgehead atoms. The highest BCUT2D eigenvalue weighted by molar-refractivity contribution is 8.03. The maximum Gasteiger partial charge on any atom is 0.416 e. The van der Waals surface area contributed by atoms with Crippen LogP contribution < -0.4 is 10.6 Å². The van der Waals surface area contributed by atoms with Crippen molar-refractivity contribution in [3.8, 4) is 6.07 Å². The summed E-state index contributed by atoms with van der Waals surface area (Å²) in [4.78, 5) is 25.4. The monoisotopic (exact) mass is 497 g/mol. The highest BCUT2D eigenvalue weighted by Crippen LogP contribution is 2.47. The van der Waals surface area contributed by atoms with Gasteiger partial charge in [-0.15, -0.1) is 0 Å². The molecule has 2 aliphatic rings. The molecule has 0 saturated heterocycles. The zero-order valence-corrected chi connectivity index (χ0v) is 19.6. The van der Waals surface area contributed by atoms with Crippen LogP contribution in [0.2, 0.25) is 0 Å². The Labute approximate surface area is 205 Å². The summed E-state index contributed by atoms with van der Waals surface area (Å²) in [5, 5.41) is 16.2. The summed E-state index contributed by atoms with van der Waals surface area (Å²) in [7, 11) is 0. The molecule has 9 heteroatoms. The van der Waals surface area contributed by atoms with Gasteiger partial charge in [0, 0.05) is 23.4 Å². The third-order valence-electron chi connectivity index (χ3n) is 5.89. The standard InChI is InChI=1S/C26H22F3N3O2S/c1-15-6-4-7-16(12-15)31-22(34)14-35-25-18(13-30)23(24-20(32-25)10-5-11-21(24)33)17-8-2-3-9-19(17)26(27,28)29/h2-4,6-9,12,23,32H,5,10-11,14H2,1H3,(H,31,34). The molecule has 0 radical (unpaired) electrons. The summed E-state index contributed by atoms with van der Waals surface area (Å²) < 4.78 is 41.6. The number of nitriles is 1. The van der Waals surface area contributed by atoms with Gasteiger partial charge in [-0.05, 0) is 49.1 Å². The van der Waals surface area contributed by atoms with Crippen LogP contribution in [0.5, 0.6) is 0 Å². The van der Waals surface area contributed by atoms with Crippen molar-refractivity contribution in [3.63, 3.8) is 0 Å². The smallest absolute Gasteiger partial charge is 0.352 e. The SMILES string of the molecule is Cc1cccc(NC(=O)CSC2=C(C#N)C(c3ccccc3C(F)(F)F)C3=C(CCCC3=O)N2)c1. The second-order valence-electron chi connectivity index (χ2n) is 8.37. The number of thioether (sulfide) groups is 1. The third-order valence-corrected chi connectivity index (χ3v) is 6.91. The average Bonchev–Trinajstić information content (AvgIpc) is 2.81. The molecule has 2 N–H and O–H groups in total. The van der Waals surface area contributed by atoms with E-state index in [9.17, 15) is 28.0 Å². The summed E-state index contributed by atoms with van der Waals surface area (Å²) in [5.41, 5.74) is 1.31. The van der Waals surface area contributed by atoms with Crippen LogP contribution in [0.15, 0.2) is 70.4 Å². The number of nitrogens with one attached hydrogen (secondary N) is 2. The van der Waals surface area contributed by atoms with Crippen molar-refractivity contribution in [1.82, 2.24) is 5.32 Å². The van der Waals surface area contributed by atoms with E-state index in [1.807, 2.05) is 31.2 Å². The largest absolute Gasteiger partial charge is 0.416 e. The molecule has 4 rings (SSSR count). The zero-order valence-electron chi connectivity index (χ0n) is 18.8. The summed E-state index contributed by atoms with van der Waals surface area (Å²) in [5.74, 6) is -1.80. The fraction of sp³-hybridized carbons (Fsp3) is 0.269. The molecule has 35 heavy (non-hydrogen) atoms. The number of nitrogens with zero attached hydrogens (tertiary/aromatic N) is 1. The van der Waals surface area contributed by atoms with Crippen LogP contribution in [0.4, 0.5) is 18.9 Å². The Morgan fingerprint density at radius 2 is 1.97 bits per heavy atom. The molecule has 2 aromatic rings. The number of anilines is 1. The minimum Gasteiger partial charge on any atom is -0.352 e. The molecular formula is C26H22F3N3O2S. The second-order valence-corrected chi connectivity index (χ2v) is 9.36. The van der Waals surface area contributed by atoms with E-state index in [1.54, 1.807) is 6.07 Å². The predicted octanol–water partition coefficient (Wildman–Crippen LogP) is 5.81. The van der Waals surface area contributed by atoms with Gasteiger partial charge >= 0.3 is 6.18 Å². The van der Waals surface area contributed by atoms with Crippen LogP contribution in [0.1, 0.15) is 41.9 Å². The number of hydrogen-bond acceptors (Lipinski definition) is 5. The third kappa shape index (κ3) is 5.28. The van der Waals surface area contributed by atoms with Crippen LogP contribution in [-0.4, -0.2) is 17.4 Å². The van der Waals surface area contributed by atoms with Gasteiger partial charge in [-0.3, -0.25) is 9.59 Å². The van der Waals surface area contributed by atoms with E-state index in [1.165, 1.54) is 18.2 Å². The molecule has 1 heterocycles. The molecule has 1 aliphatic heterocycles. The van der Waals surface area contributed by atoms with Gasteiger partial charge in [-0.2, -0.15) is 18.4 Å². The summed E-state index contributed by atoms with van der Waals surface area (Å²) in [6.07, 6.45) is -3.40. The van der Waals surface area contributed by atoms with E-state index in [0.29, 0.717) is 29.3 Å². The maximum absolute atomic E-state index is 13.9. The number of allylic oxidation sites excluding steroid dienone is 3. The van der Waals surface area contributed by atoms with Crippen LogP contribution >= 0.6 is 11.8 Å². The number of amides is 1. The number of aryl methyl sites for hydroxylation is 1. The van der Waals surface area contributed by atoms with E-state index in [0.717, 1.165) is 23.4 Å². The normalized spacial score (nSPS) is 18.0. The molecule has 180 valence electrons. The lowest BCUT2D eigenvalue weighted by atomic mass is 9.75. The number of Topliss-reactive ketones (excluding diaryl/α,β-unsaturated/α-hetero) is 1. The van der Waals surface area contributed by atoms with E-state index in [4.69, 9.17) is 0 Å². The van der Waals surface area contributed by atoms with Crippen molar-refractivity contribution in [2.24, 2.45) is 0 Å². The average molecular weight is 498 g/mol. The fourth-order valence-corrected chi connectivity index (χ4v) is 5.27. The molecule has 2 aromatic carbocycles. The first-order valence-electron chi connectivity index (χ1n) is 11.0. The van der Waals surface area contributed by atoms with Crippen LogP contribution in [0.3, 0.4) is 0 Å². The maximum atomic E-state index is 13.9. The van der Waals surface area contributed by atoms with Crippen LogP contribution in [-0.2, 0) is 15.8 Å². The van der Waals surface area contributed by atoms with Gasteiger partial charge in [0.1, 0.15) is 0 Å². The molecule has 0 spiro atoms. The lowest BCUT2D eigenvalue weighted by Gasteiger charge is -2.34. The second kappa shape index (κ2) is 10.0. The van der Waals surface area contributed by atoms with Gasteiger partial charge in [0.15, 0.2) is 5.78 Å². The van der Waals surface area contributed by atoms with Gasteiger partial charge in [-0.25, -0.2) is 0 Å². The molecule has 1 aliphatic carbocycles. The molecule has 1 atom stereocenters. The van der Waals surface area contributed by atoms with Crippen molar-refractivity contribution in [2.75, 3.05) is 11.1 Å². The number of carbonyl (C=O) groups is 2. The number of alkyl halides is 3. The first-order valence-corrected chi connectivity index (χ1v) is 12.0. The predicted molar refractivity (Wildman–Crippen MR) is 128 cm³/mol. The van der Waals surface area contributed by atoms with Crippen molar-refractivity contribution in [2.45, 2.75) is 38.3 Å². The van der Waals surface area contributed by atoms with Gasteiger partial charge in [0.25, 0.3) is 0 Å². The highest BCUT2D eigenvalue weighted by Gasteiger charge is 2.42. The lowest BCUT2D eigenvalue weighted by Crippen LogP contribution is -2.32. The van der Waals surface area contributed by atoms with Crippen LogP contribution in [0, 0.1) is 18.3 Å². The van der Waals surface area contributed by atoms with Crippen molar-refractivity contribution in [1.29, 1.82) is 5.26 Å². The number of ketones is 1. The Balaban J connectivity index is 1.70. The van der Waals surface area contributed by atoms with Gasteiger partial charge in [-0.1, -0.05) is 42.1 Å². The molecule has 0 aromatic heterocycles. The van der Waals surface area contributed by atoms with Crippen molar-refractivity contribution < 1.29 is 22.8 Å². The number of hydrogen-bond donors (Lipinski definition) is 2. The Morgan fingerprint density at radius 3 is 2.69 bits per heavy atom. The number of carbonyl (C=O) groups excluding carboxylic acids is 2. The molecular weight excluding hydrogens is 475 g/mol. The number of halogens is 3. The van der Waals surface area contributed by atoms with E-state index in [-0.39, 0.29) is 40.6 Å². The molecule has 5 nitrogen and oxygen atoms in total. The Kier molecular flexibility index (Phi) is 7.03. The minimum absolute atomic E-state index is 0.00376. The summed E-state index contributed by atoms with van der Waals surface area (Å²) in [6.45, 7) is 1.90. The molecule has 1 amide bonds. The number of dihydropyridines is 1. The van der Waals surface area contributed by atoms with E-state index < -0.39 is 17.7 Å². The number of rotatable bonds is 5. The zero-order chi connectivity index (χ0) is 25.2. The minimum atomic E-state index is -4.65. The van der Waals surface area contributed by atoms with Gasteiger partial charge in [0.2, 0.25) is 5.91 Å². The van der Waals surface area contributed by atoms with Crippen LogP contribution in [0.25, 0.3) is 0 Å². The van der Waals surface area contributed by atoms with E-state index >= 15 is 0 Å². The Bertz CT molecular complexity index is 1290. The first-order chi connectivity index (χ1) is 16.7. The van der Waals surface area contributed by atoms with Crippen molar-refractivity contribution >= 4 is 29.1 Å². The molecule has 1 unspecified atom stereocenters. The van der Waals surface area contributed by atoms with E-state index in [2.05, 4.69) is 10.6 Å².